The molecule has 0 aliphatic rings. The summed E-state index contributed by atoms with van der Waals surface area (Å²) in [5.74, 6) is -1.29. The standard InChI is InChI=1S/C27H28ClN3O7S/c1-3-22(4-2)37-27(34)38-24-13-10-20(17-30-24)26(33)31-39(35,36)23-7-5-6-18(16-23)14-15-29-25(32)19-8-11-21(28)12-9-19/h5-13,16-17,22H,3-4,14-15H2,1-2H3,(H,29,32)(H,31,33). The highest BCUT2D eigenvalue weighted by atomic mass is 35.5. The molecule has 2 N–H and O–H groups in total. The molecule has 2 amide bonds. The van der Waals surface area contributed by atoms with E-state index < -0.39 is 22.1 Å². The first-order chi connectivity index (χ1) is 18.6. The van der Waals surface area contributed by atoms with Crippen LogP contribution in [0.3, 0.4) is 0 Å². The van der Waals surface area contributed by atoms with E-state index in [1.165, 1.54) is 24.3 Å². The molecule has 0 bridgehead atoms. The van der Waals surface area contributed by atoms with Crippen LogP contribution in [0, 0.1) is 0 Å². The van der Waals surface area contributed by atoms with E-state index in [1.807, 2.05) is 18.6 Å². The Balaban J connectivity index is 1.56. The number of pyridine rings is 1. The Morgan fingerprint density at radius 2 is 1.64 bits per heavy atom. The van der Waals surface area contributed by atoms with Crippen molar-refractivity contribution in [2.45, 2.75) is 44.1 Å². The van der Waals surface area contributed by atoms with Crippen LogP contribution < -0.4 is 14.8 Å². The molecule has 1 aromatic heterocycles. The van der Waals surface area contributed by atoms with Gasteiger partial charge in [0.05, 0.1) is 10.5 Å². The first kappa shape index (κ1) is 29.6. The number of hydrogen-bond donors (Lipinski definition) is 2. The molecule has 0 saturated carbocycles. The summed E-state index contributed by atoms with van der Waals surface area (Å²) in [7, 11) is -4.20. The van der Waals surface area contributed by atoms with Crippen molar-refractivity contribution in [1.82, 2.24) is 15.0 Å². The Labute approximate surface area is 231 Å². The molecule has 0 atom stereocenters. The number of aromatic nitrogens is 1. The summed E-state index contributed by atoms with van der Waals surface area (Å²) in [6.07, 6.45) is 1.53. The average molecular weight is 574 g/mol. The van der Waals surface area contributed by atoms with Crippen LogP contribution in [0.1, 0.15) is 53.0 Å². The molecular formula is C27H28ClN3O7S. The summed E-state index contributed by atoms with van der Waals surface area (Å²) in [6, 6.07) is 15.0. The fraction of sp³-hybridized carbons (Fsp3) is 0.259. The van der Waals surface area contributed by atoms with E-state index in [2.05, 4.69) is 10.3 Å². The smallest absolute Gasteiger partial charge is 0.431 e. The first-order valence-electron chi connectivity index (χ1n) is 12.2. The number of hydrogen-bond acceptors (Lipinski definition) is 8. The van der Waals surface area contributed by atoms with Gasteiger partial charge in [-0.3, -0.25) is 9.59 Å². The lowest BCUT2D eigenvalue weighted by molar-refractivity contribution is 0.0538. The van der Waals surface area contributed by atoms with Crippen molar-refractivity contribution in [2.75, 3.05) is 6.54 Å². The maximum absolute atomic E-state index is 12.8. The molecule has 0 saturated heterocycles. The predicted octanol–water partition coefficient (Wildman–Crippen LogP) is 4.53. The molecule has 3 aromatic rings. The Bertz CT molecular complexity index is 1410. The van der Waals surface area contributed by atoms with E-state index >= 15 is 0 Å². The number of ether oxygens (including phenoxy) is 2. The van der Waals surface area contributed by atoms with Crippen LogP contribution in [0.15, 0.2) is 71.8 Å². The van der Waals surface area contributed by atoms with Crippen LogP contribution in [0.25, 0.3) is 0 Å². The summed E-state index contributed by atoms with van der Waals surface area (Å²) in [6.45, 7) is 4.02. The topological polar surface area (TPSA) is 141 Å². The third-order valence-electron chi connectivity index (χ3n) is 5.60. The highest BCUT2D eigenvalue weighted by Gasteiger charge is 2.20. The van der Waals surface area contributed by atoms with Gasteiger partial charge in [0.2, 0.25) is 5.88 Å². The van der Waals surface area contributed by atoms with E-state index in [9.17, 15) is 22.8 Å². The van der Waals surface area contributed by atoms with Gasteiger partial charge in [0.15, 0.2) is 0 Å². The fourth-order valence-electron chi connectivity index (χ4n) is 3.41. The summed E-state index contributed by atoms with van der Waals surface area (Å²) in [5.41, 5.74) is 1.04. The lowest BCUT2D eigenvalue weighted by atomic mass is 10.1. The fourth-order valence-corrected chi connectivity index (χ4v) is 4.58. The van der Waals surface area contributed by atoms with Crippen LogP contribution in [0.5, 0.6) is 5.88 Å². The highest BCUT2D eigenvalue weighted by Crippen LogP contribution is 2.15. The van der Waals surface area contributed by atoms with Gasteiger partial charge in [-0.15, -0.1) is 0 Å². The summed E-state index contributed by atoms with van der Waals surface area (Å²) in [5, 5.41) is 3.28. The summed E-state index contributed by atoms with van der Waals surface area (Å²) in [4.78, 5) is 40.4. The summed E-state index contributed by atoms with van der Waals surface area (Å²) < 4.78 is 37.8. The second-order valence-corrected chi connectivity index (χ2v) is 10.5. The number of sulfonamides is 1. The molecule has 206 valence electrons. The Hall–Kier alpha value is -3.96. The zero-order chi connectivity index (χ0) is 28.4. The third-order valence-corrected chi connectivity index (χ3v) is 7.18. The molecule has 1 heterocycles. The molecule has 0 radical (unpaired) electrons. The van der Waals surface area contributed by atoms with Gasteiger partial charge in [0, 0.05) is 29.4 Å². The van der Waals surface area contributed by atoms with Crippen LogP contribution in [-0.4, -0.2) is 44.0 Å². The van der Waals surface area contributed by atoms with Crippen molar-refractivity contribution in [1.29, 1.82) is 0 Å². The van der Waals surface area contributed by atoms with E-state index in [0.29, 0.717) is 35.4 Å². The lowest BCUT2D eigenvalue weighted by Crippen LogP contribution is -2.30. The average Bonchev–Trinajstić information content (AvgIpc) is 2.92. The maximum Gasteiger partial charge on any atom is 0.515 e. The minimum atomic E-state index is -4.20. The second-order valence-electron chi connectivity index (χ2n) is 8.39. The van der Waals surface area contributed by atoms with Gasteiger partial charge < -0.3 is 14.8 Å². The molecule has 0 aliphatic carbocycles. The van der Waals surface area contributed by atoms with E-state index in [-0.39, 0.29) is 34.9 Å². The van der Waals surface area contributed by atoms with Gasteiger partial charge >= 0.3 is 6.16 Å². The van der Waals surface area contributed by atoms with E-state index in [4.69, 9.17) is 21.1 Å². The molecule has 12 heteroatoms. The van der Waals surface area contributed by atoms with Crippen molar-refractivity contribution in [3.8, 4) is 5.88 Å². The molecule has 10 nitrogen and oxygen atoms in total. The number of halogens is 1. The molecule has 0 fully saturated rings. The number of rotatable bonds is 11. The largest absolute Gasteiger partial charge is 0.515 e. The van der Waals surface area contributed by atoms with Crippen LogP contribution in [0.4, 0.5) is 4.79 Å². The van der Waals surface area contributed by atoms with Crippen LogP contribution in [-0.2, 0) is 21.2 Å². The zero-order valence-electron chi connectivity index (χ0n) is 21.3. The highest BCUT2D eigenvalue weighted by molar-refractivity contribution is 7.90. The Morgan fingerprint density at radius 3 is 2.28 bits per heavy atom. The quantitative estimate of drug-likeness (QED) is 0.319. The first-order valence-corrected chi connectivity index (χ1v) is 14.0. The van der Waals surface area contributed by atoms with E-state index in [0.717, 1.165) is 6.20 Å². The number of carbonyl (C=O) groups is 3. The number of nitrogens with one attached hydrogen (secondary N) is 2. The summed E-state index contributed by atoms with van der Waals surface area (Å²) >= 11 is 5.83. The number of amides is 2. The molecule has 0 aliphatic heterocycles. The van der Waals surface area contributed by atoms with Gasteiger partial charge in [-0.1, -0.05) is 37.6 Å². The van der Waals surface area contributed by atoms with Gasteiger partial charge in [0.25, 0.3) is 21.8 Å². The van der Waals surface area contributed by atoms with Crippen molar-refractivity contribution in [2.24, 2.45) is 0 Å². The van der Waals surface area contributed by atoms with Crippen LogP contribution >= 0.6 is 11.6 Å². The van der Waals surface area contributed by atoms with Crippen molar-refractivity contribution in [3.05, 3.63) is 88.6 Å². The molecule has 2 aromatic carbocycles. The second kappa shape index (κ2) is 13.7. The van der Waals surface area contributed by atoms with E-state index in [1.54, 1.807) is 36.4 Å². The van der Waals surface area contributed by atoms with Gasteiger partial charge in [-0.2, -0.15) is 0 Å². The molecule has 3 rings (SSSR count). The molecular weight excluding hydrogens is 546 g/mol. The number of nitrogens with zero attached hydrogens (tertiary/aromatic N) is 1. The van der Waals surface area contributed by atoms with Crippen molar-refractivity contribution >= 4 is 39.6 Å². The number of benzene rings is 2. The minimum Gasteiger partial charge on any atom is -0.431 e. The van der Waals surface area contributed by atoms with Crippen LogP contribution in [0.2, 0.25) is 5.02 Å². The van der Waals surface area contributed by atoms with Gasteiger partial charge in [-0.05, 0) is 67.3 Å². The zero-order valence-corrected chi connectivity index (χ0v) is 22.9. The maximum atomic E-state index is 12.8. The Kier molecular flexibility index (Phi) is 10.4. The molecule has 39 heavy (non-hydrogen) atoms. The lowest BCUT2D eigenvalue weighted by Gasteiger charge is -2.13. The molecule has 0 spiro atoms. The Morgan fingerprint density at radius 1 is 0.949 bits per heavy atom. The molecule has 0 unspecified atom stereocenters. The normalized spacial score (nSPS) is 11.1. The predicted molar refractivity (Wildman–Crippen MR) is 144 cm³/mol. The monoisotopic (exact) mass is 573 g/mol. The third kappa shape index (κ3) is 8.79. The SMILES string of the molecule is CCC(CC)OC(=O)Oc1ccc(C(=O)NS(=O)(=O)c2cccc(CCNC(=O)c3ccc(Cl)cc3)c2)cn1. The minimum absolute atomic E-state index is 0.0552. The van der Waals surface area contributed by atoms with Crippen molar-refractivity contribution in [3.63, 3.8) is 0 Å². The number of carbonyl (C=O) groups excluding carboxylic acids is 3. The van der Waals surface area contributed by atoms with Gasteiger partial charge in [-0.25, -0.2) is 22.9 Å². The van der Waals surface area contributed by atoms with Gasteiger partial charge in [0.1, 0.15) is 6.10 Å². The van der Waals surface area contributed by atoms with Crippen molar-refractivity contribution < 1.29 is 32.3 Å².